The van der Waals surface area contributed by atoms with Crippen molar-refractivity contribution in [1.29, 1.82) is 0 Å². The second-order valence-electron chi connectivity index (χ2n) is 6.55. The predicted octanol–water partition coefficient (Wildman–Crippen LogP) is 2.58. The lowest BCUT2D eigenvalue weighted by atomic mass is 10.1. The van der Waals surface area contributed by atoms with Crippen LogP contribution >= 0.6 is 11.6 Å². The van der Waals surface area contributed by atoms with E-state index < -0.39 is 21.9 Å². The van der Waals surface area contributed by atoms with Crippen LogP contribution in [0.15, 0.2) is 48.5 Å². The second-order valence-corrected chi connectivity index (χ2v) is 9.19. The molecule has 1 saturated heterocycles. The number of carbonyl (C=O) groups excluding carboxylic acids is 2. The number of sulfone groups is 1. The third kappa shape index (κ3) is 5.46. The summed E-state index contributed by atoms with van der Waals surface area (Å²) in [4.78, 5) is 24.4. The zero-order chi connectivity index (χ0) is 20.1. The molecule has 9 heteroatoms. The van der Waals surface area contributed by atoms with Crippen molar-refractivity contribution in [2.45, 2.75) is 19.0 Å². The Labute approximate surface area is 168 Å². The number of halogens is 1. The number of hydrogen-bond acceptors (Lipinski definition) is 4. The van der Waals surface area contributed by atoms with Crippen LogP contribution in [0.4, 0.5) is 10.5 Å². The van der Waals surface area contributed by atoms with E-state index in [0.717, 1.165) is 5.56 Å². The fraction of sp³-hybridized carbons (Fsp3) is 0.263. The molecular weight excluding hydrogens is 402 g/mol. The summed E-state index contributed by atoms with van der Waals surface area (Å²) in [5, 5.41) is 8.63. The fourth-order valence-corrected chi connectivity index (χ4v) is 4.79. The van der Waals surface area contributed by atoms with E-state index in [1.165, 1.54) is 0 Å². The van der Waals surface area contributed by atoms with Crippen LogP contribution in [-0.2, 0) is 16.4 Å². The summed E-state index contributed by atoms with van der Waals surface area (Å²) in [5.74, 6) is -0.268. The topological polar surface area (TPSA) is 104 Å². The van der Waals surface area contributed by atoms with Gasteiger partial charge in [0, 0.05) is 28.9 Å². The van der Waals surface area contributed by atoms with Gasteiger partial charge < -0.3 is 16.0 Å². The molecule has 3 rings (SSSR count). The van der Waals surface area contributed by atoms with Crippen molar-refractivity contribution < 1.29 is 18.0 Å². The molecule has 28 heavy (non-hydrogen) atoms. The zero-order valence-corrected chi connectivity index (χ0v) is 16.5. The van der Waals surface area contributed by atoms with Crippen LogP contribution < -0.4 is 16.0 Å². The number of carbonyl (C=O) groups is 2. The van der Waals surface area contributed by atoms with Crippen molar-refractivity contribution >= 4 is 39.1 Å². The molecule has 0 bridgehead atoms. The molecule has 0 saturated carbocycles. The van der Waals surface area contributed by atoms with Gasteiger partial charge in [-0.25, -0.2) is 13.2 Å². The van der Waals surface area contributed by atoms with E-state index in [0.29, 0.717) is 22.7 Å². The Morgan fingerprint density at radius 2 is 1.89 bits per heavy atom. The molecule has 148 valence electrons. The number of hydrogen-bond donors (Lipinski definition) is 3. The monoisotopic (exact) mass is 421 g/mol. The van der Waals surface area contributed by atoms with E-state index in [1.54, 1.807) is 30.3 Å². The first kappa shape index (κ1) is 20.2. The molecule has 1 aliphatic heterocycles. The van der Waals surface area contributed by atoms with E-state index >= 15 is 0 Å². The van der Waals surface area contributed by atoms with Gasteiger partial charge in [-0.15, -0.1) is 0 Å². The molecule has 3 amide bonds. The number of benzene rings is 2. The van der Waals surface area contributed by atoms with Crippen molar-refractivity contribution in [2.24, 2.45) is 0 Å². The van der Waals surface area contributed by atoms with Crippen molar-refractivity contribution in [3.05, 3.63) is 64.7 Å². The second kappa shape index (κ2) is 8.62. The number of anilines is 1. The Morgan fingerprint density at radius 1 is 1.11 bits per heavy atom. The number of nitrogens with one attached hydrogen (secondary N) is 3. The molecular formula is C19H20ClN3O4S. The van der Waals surface area contributed by atoms with E-state index in [1.807, 2.05) is 18.2 Å². The fourth-order valence-electron chi connectivity index (χ4n) is 2.92. The average molecular weight is 422 g/mol. The maximum atomic E-state index is 12.4. The lowest BCUT2D eigenvalue weighted by Crippen LogP contribution is -2.38. The molecule has 3 N–H and O–H groups in total. The standard InChI is InChI=1S/C19H20ClN3O4S/c20-17-7-2-1-4-14(17)11-21-18(24)13-5-3-6-15(10-13)22-19(25)23-16-8-9-28(26,27)12-16/h1-7,10,16H,8-9,11-12H2,(H,21,24)(H2,22,23,25)/t16-/m1/s1. The normalized spacial score (nSPS) is 17.7. The molecule has 0 aromatic heterocycles. The van der Waals surface area contributed by atoms with E-state index in [2.05, 4.69) is 16.0 Å². The molecule has 0 spiro atoms. The zero-order valence-electron chi connectivity index (χ0n) is 14.9. The van der Waals surface area contributed by atoms with Gasteiger partial charge >= 0.3 is 6.03 Å². The maximum Gasteiger partial charge on any atom is 0.319 e. The third-order valence-electron chi connectivity index (χ3n) is 4.35. The quantitative estimate of drug-likeness (QED) is 0.690. The van der Waals surface area contributed by atoms with Gasteiger partial charge in [0.05, 0.1) is 11.5 Å². The third-order valence-corrected chi connectivity index (χ3v) is 6.48. The first-order chi connectivity index (χ1) is 13.3. The highest BCUT2D eigenvalue weighted by atomic mass is 35.5. The van der Waals surface area contributed by atoms with Crippen LogP contribution in [0, 0.1) is 0 Å². The molecule has 1 aliphatic rings. The Morgan fingerprint density at radius 3 is 2.61 bits per heavy atom. The summed E-state index contributed by atoms with van der Waals surface area (Å²) >= 11 is 6.08. The molecule has 0 aliphatic carbocycles. The Kier molecular flexibility index (Phi) is 6.21. The van der Waals surface area contributed by atoms with Crippen LogP contribution in [0.25, 0.3) is 0 Å². The molecule has 1 fully saturated rings. The minimum Gasteiger partial charge on any atom is -0.348 e. The maximum absolute atomic E-state index is 12.4. The highest BCUT2D eigenvalue weighted by Crippen LogP contribution is 2.16. The Bertz CT molecular complexity index is 994. The average Bonchev–Trinajstić information content (AvgIpc) is 2.99. The van der Waals surface area contributed by atoms with Gasteiger partial charge in [0.1, 0.15) is 0 Å². The minimum absolute atomic E-state index is 0.0507. The van der Waals surface area contributed by atoms with Crippen LogP contribution in [0.3, 0.4) is 0 Å². The predicted molar refractivity (Wildman–Crippen MR) is 108 cm³/mol. The molecule has 0 unspecified atom stereocenters. The first-order valence-corrected chi connectivity index (χ1v) is 10.9. The Hall–Kier alpha value is -2.58. The molecule has 0 radical (unpaired) electrons. The summed E-state index contributed by atoms with van der Waals surface area (Å²) in [6.07, 6.45) is 0.403. The van der Waals surface area contributed by atoms with Crippen LogP contribution in [0.5, 0.6) is 0 Å². The lowest BCUT2D eigenvalue weighted by molar-refractivity contribution is 0.0951. The largest absolute Gasteiger partial charge is 0.348 e. The summed E-state index contributed by atoms with van der Waals surface area (Å²) in [6, 6.07) is 12.8. The Balaban J connectivity index is 1.56. The van der Waals surface area contributed by atoms with Gasteiger partial charge in [0.25, 0.3) is 5.91 Å². The van der Waals surface area contributed by atoms with Crippen molar-refractivity contribution in [3.8, 4) is 0 Å². The number of urea groups is 1. The van der Waals surface area contributed by atoms with Gasteiger partial charge in [-0.1, -0.05) is 35.9 Å². The molecule has 2 aromatic rings. The lowest BCUT2D eigenvalue weighted by Gasteiger charge is -2.13. The van der Waals surface area contributed by atoms with E-state index in [4.69, 9.17) is 11.6 Å². The van der Waals surface area contributed by atoms with Crippen LogP contribution in [0.2, 0.25) is 5.02 Å². The summed E-state index contributed by atoms with van der Waals surface area (Å²) in [6.45, 7) is 0.285. The number of rotatable bonds is 5. The van der Waals surface area contributed by atoms with Crippen molar-refractivity contribution in [3.63, 3.8) is 0 Å². The number of amides is 3. The van der Waals surface area contributed by atoms with Crippen LogP contribution in [-0.4, -0.2) is 37.9 Å². The molecule has 2 aromatic carbocycles. The van der Waals surface area contributed by atoms with Gasteiger partial charge in [-0.2, -0.15) is 0 Å². The molecule has 1 heterocycles. The minimum atomic E-state index is -3.07. The summed E-state index contributed by atoms with van der Waals surface area (Å²) < 4.78 is 22.9. The van der Waals surface area contributed by atoms with Gasteiger partial charge in [0.15, 0.2) is 9.84 Å². The van der Waals surface area contributed by atoms with Gasteiger partial charge in [-0.05, 0) is 36.2 Å². The molecule has 7 nitrogen and oxygen atoms in total. The SMILES string of the molecule is O=C(Nc1cccc(C(=O)NCc2ccccc2Cl)c1)N[C@@H]1CCS(=O)(=O)C1. The van der Waals surface area contributed by atoms with E-state index in [9.17, 15) is 18.0 Å². The molecule has 1 atom stereocenters. The first-order valence-electron chi connectivity index (χ1n) is 8.72. The highest BCUT2D eigenvalue weighted by molar-refractivity contribution is 7.91. The van der Waals surface area contributed by atoms with Gasteiger partial charge in [0.2, 0.25) is 0 Å². The highest BCUT2D eigenvalue weighted by Gasteiger charge is 2.28. The van der Waals surface area contributed by atoms with Gasteiger partial charge in [-0.3, -0.25) is 4.79 Å². The summed E-state index contributed by atoms with van der Waals surface area (Å²) in [7, 11) is -3.07. The van der Waals surface area contributed by atoms with Crippen molar-refractivity contribution in [2.75, 3.05) is 16.8 Å². The van der Waals surface area contributed by atoms with Crippen molar-refractivity contribution in [1.82, 2.24) is 10.6 Å². The smallest absolute Gasteiger partial charge is 0.319 e. The van der Waals surface area contributed by atoms with E-state index in [-0.39, 0.29) is 24.0 Å². The summed E-state index contributed by atoms with van der Waals surface area (Å²) in [5.41, 5.74) is 1.62. The van der Waals surface area contributed by atoms with Crippen LogP contribution in [0.1, 0.15) is 22.3 Å².